The summed E-state index contributed by atoms with van der Waals surface area (Å²) in [6, 6.07) is 4.07. The maximum atomic E-state index is 5.61. The summed E-state index contributed by atoms with van der Waals surface area (Å²) in [4.78, 5) is 1.33. The molecule has 0 bridgehead atoms. The van der Waals surface area contributed by atoms with Crippen LogP contribution in [0.25, 0.3) is 0 Å². The molecule has 2 aromatic rings. The Morgan fingerprint density at radius 3 is 2.71 bits per heavy atom. The number of rotatable bonds is 2. The maximum Gasteiger partial charge on any atom is 0.145 e. The Morgan fingerprint density at radius 2 is 2.21 bits per heavy atom. The Labute approximate surface area is 87.2 Å². The summed E-state index contributed by atoms with van der Waals surface area (Å²) in [5.41, 5.74) is 8.00. The van der Waals surface area contributed by atoms with Crippen LogP contribution in [0.5, 0.6) is 0 Å². The third kappa shape index (κ3) is 1.80. The molecular weight excluding hydrogens is 194 g/mol. The third-order valence-corrected chi connectivity index (χ3v) is 3.03. The third-order valence-electron chi connectivity index (χ3n) is 2.12. The Bertz CT molecular complexity index is 442. The lowest BCUT2D eigenvalue weighted by molar-refractivity contribution is 0.669. The van der Waals surface area contributed by atoms with Crippen LogP contribution < -0.4 is 5.73 Å². The summed E-state index contributed by atoms with van der Waals surface area (Å²) >= 11 is 1.76. The molecule has 74 valence electrons. The smallest absolute Gasteiger partial charge is 0.145 e. The second kappa shape index (κ2) is 3.46. The monoisotopic (exact) mass is 207 g/mol. The van der Waals surface area contributed by atoms with Crippen LogP contribution in [-0.4, -0.2) is 9.78 Å². The highest BCUT2D eigenvalue weighted by Gasteiger charge is 2.03. The number of nitrogens with two attached hydrogens (primary N) is 1. The van der Waals surface area contributed by atoms with E-state index in [4.69, 9.17) is 5.73 Å². The molecule has 0 aliphatic rings. The molecule has 0 aliphatic heterocycles. The second-order valence-electron chi connectivity index (χ2n) is 3.43. The van der Waals surface area contributed by atoms with Gasteiger partial charge in [-0.1, -0.05) is 0 Å². The lowest BCUT2D eigenvalue weighted by Gasteiger charge is -2.00. The number of hydrogen-bond acceptors (Lipinski definition) is 3. The quantitative estimate of drug-likeness (QED) is 0.820. The van der Waals surface area contributed by atoms with Crippen molar-refractivity contribution in [3.8, 4) is 0 Å². The molecule has 2 aromatic heterocycles. The van der Waals surface area contributed by atoms with Crippen LogP contribution in [0.2, 0.25) is 0 Å². The van der Waals surface area contributed by atoms with Crippen molar-refractivity contribution in [2.45, 2.75) is 20.4 Å². The molecule has 0 amide bonds. The zero-order chi connectivity index (χ0) is 10.1. The van der Waals surface area contributed by atoms with Gasteiger partial charge in [-0.05, 0) is 30.9 Å². The van der Waals surface area contributed by atoms with Crippen LogP contribution in [-0.2, 0) is 6.54 Å². The molecule has 0 atom stereocenters. The van der Waals surface area contributed by atoms with E-state index in [1.54, 1.807) is 11.3 Å². The average molecular weight is 207 g/mol. The minimum Gasteiger partial charge on any atom is -0.382 e. The van der Waals surface area contributed by atoms with Gasteiger partial charge >= 0.3 is 0 Å². The number of aromatic nitrogens is 2. The highest BCUT2D eigenvalue weighted by molar-refractivity contribution is 7.10. The Kier molecular flexibility index (Phi) is 2.29. The van der Waals surface area contributed by atoms with Gasteiger partial charge in [-0.3, -0.25) is 4.68 Å². The van der Waals surface area contributed by atoms with Gasteiger partial charge in [0.25, 0.3) is 0 Å². The van der Waals surface area contributed by atoms with Crippen LogP contribution in [0, 0.1) is 13.8 Å². The van der Waals surface area contributed by atoms with Crippen LogP contribution >= 0.6 is 11.3 Å². The maximum absolute atomic E-state index is 5.61. The van der Waals surface area contributed by atoms with Crippen molar-refractivity contribution in [3.63, 3.8) is 0 Å². The summed E-state index contributed by atoms with van der Waals surface area (Å²) in [5.74, 6) is 0.592. The average Bonchev–Trinajstić information content (AvgIpc) is 2.61. The zero-order valence-corrected chi connectivity index (χ0v) is 9.14. The summed E-state index contributed by atoms with van der Waals surface area (Å²) in [7, 11) is 0. The van der Waals surface area contributed by atoms with E-state index in [1.807, 2.05) is 17.7 Å². The number of nitrogens with zero attached hydrogens (tertiary/aromatic N) is 2. The minimum atomic E-state index is 0.592. The molecule has 0 fully saturated rings. The van der Waals surface area contributed by atoms with Gasteiger partial charge in [0.15, 0.2) is 0 Å². The van der Waals surface area contributed by atoms with E-state index in [0.29, 0.717) is 5.82 Å². The summed E-state index contributed by atoms with van der Waals surface area (Å²) in [6.07, 6.45) is 0. The van der Waals surface area contributed by atoms with Gasteiger partial charge in [0.2, 0.25) is 0 Å². The lowest BCUT2D eigenvalue weighted by atomic mass is 10.3. The summed E-state index contributed by atoms with van der Waals surface area (Å²) in [5, 5.41) is 6.37. The molecule has 2 heterocycles. The molecule has 0 saturated heterocycles. The van der Waals surface area contributed by atoms with Crippen molar-refractivity contribution in [1.82, 2.24) is 9.78 Å². The van der Waals surface area contributed by atoms with Crippen molar-refractivity contribution in [1.29, 1.82) is 0 Å². The molecule has 0 unspecified atom stereocenters. The summed E-state index contributed by atoms with van der Waals surface area (Å²) < 4.78 is 1.93. The molecule has 14 heavy (non-hydrogen) atoms. The first-order chi connectivity index (χ1) is 6.65. The molecule has 4 heteroatoms. The fourth-order valence-electron chi connectivity index (χ4n) is 1.45. The van der Waals surface area contributed by atoms with Crippen molar-refractivity contribution in [2.75, 3.05) is 5.73 Å². The van der Waals surface area contributed by atoms with Crippen LogP contribution in [0.3, 0.4) is 0 Å². The summed E-state index contributed by atoms with van der Waals surface area (Å²) in [6.45, 7) is 4.94. The normalized spacial score (nSPS) is 10.7. The van der Waals surface area contributed by atoms with Crippen molar-refractivity contribution in [2.24, 2.45) is 0 Å². The van der Waals surface area contributed by atoms with Gasteiger partial charge in [0.1, 0.15) is 5.82 Å². The first-order valence-electron chi connectivity index (χ1n) is 4.49. The Balaban J connectivity index is 2.22. The van der Waals surface area contributed by atoms with Gasteiger partial charge in [0, 0.05) is 16.6 Å². The molecule has 2 N–H and O–H groups in total. The first kappa shape index (κ1) is 9.27. The van der Waals surface area contributed by atoms with E-state index in [1.165, 1.54) is 10.4 Å². The Hall–Kier alpha value is -1.29. The molecule has 0 aromatic carbocycles. The lowest BCUT2D eigenvalue weighted by Crippen LogP contribution is -2.03. The van der Waals surface area contributed by atoms with Gasteiger partial charge in [-0.25, -0.2) is 0 Å². The highest BCUT2D eigenvalue weighted by atomic mass is 32.1. The van der Waals surface area contributed by atoms with E-state index in [0.717, 1.165) is 12.2 Å². The number of hydrogen-bond donors (Lipinski definition) is 1. The molecule has 3 nitrogen and oxygen atoms in total. The Morgan fingerprint density at radius 1 is 1.43 bits per heavy atom. The molecule has 2 rings (SSSR count). The van der Waals surface area contributed by atoms with Crippen molar-refractivity contribution in [3.05, 3.63) is 33.6 Å². The first-order valence-corrected chi connectivity index (χ1v) is 5.37. The van der Waals surface area contributed by atoms with Crippen LogP contribution in [0.4, 0.5) is 5.82 Å². The SMILES string of the molecule is Cc1cc(Cn2nc(N)cc2C)cs1. The highest BCUT2D eigenvalue weighted by Crippen LogP contribution is 2.15. The standard InChI is InChI=1S/C10H13N3S/c1-7-3-10(11)12-13(7)5-9-4-8(2)14-6-9/h3-4,6H,5H2,1-2H3,(H2,11,12). The molecule has 0 spiro atoms. The zero-order valence-electron chi connectivity index (χ0n) is 8.32. The molecular formula is C10H13N3S. The molecule has 0 radical (unpaired) electrons. The van der Waals surface area contributed by atoms with Gasteiger partial charge in [-0.2, -0.15) is 5.10 Å². The number of aryl methyl sites for hydroxylation is 2. The van der Waals surface area contributed by atoms with E-state index in [2.05, 4.69) is 23.5 Å². The van der Waals surface area contributed by atoms with Crippen LogP contribution in [0.1, 0.15) is 16.1 Å². The van der Waals surface area contributed by atoms with E-state index < -0.39 is 0 Å². The molecule has 0 saturated carbocycles. The predicted molar refractivity (Wildman–Crippen MR) is 59.5 cm³/mol. The predicted octanol–water partition coefficient (Wildman–Crippen LogP) is 2.19. The van der Waals surface area contributed by atoms with Crippen LogP contribution in [0.15, 0.2) is 17.5 Å². The molecule has 0 aliphatic carbocycles. The largest absolute Gasteiger partial charge is 0.382 e. The van der Waals surface area contributed by atoms with Gasteiger partial charge in [-0.15, -0.1) is 11.3 Å². The topological polar surface area (TPSA) is 43.8 Å². The van der Waals surface area contributed by atoms with Crippen molar-refractivity contribution < 1.29 is 0 Å². The second-order valence-corrected chi connectivity index (χ2v) is 4.55. The fraction of sp³-hybridized carbons (Fsp3) is 0.300. The number of nitrogen functional groups attached to an aromatic ring is 1. The number of anilines is 1. The van der Waals surface area contributed by atoms with Crippen molar-refractivity contribution >= 4 is 17.2 Å². The van der Waals surface area contributed by atoms with E-state index >= 15 is 0 Å². The minimum absolute atomic E-state index is 0.592. The number of thiophene rings is 1. The van der Waals surface area contributed by atoms with E-state index in [9.17, 15) is 0 Å². The van der Waals surface area contributed by atoms with E-state index in [-0.39, 0.29) is 0 Å². The van der Waals surface area contributed by atoms with Gasteiger partial charge in [0.05, 0.1) is 6.54 Å². The fourth-order valence-corrected chi connectivity index (χ4v) is 2.15. The van der Waals surface area contributed by atoms with Gasteiger partial charge < -0.3 is 5.73 Å².